The summed E-state index contributed by atoms with van der Waals surface area (Å²) < 4.78 is 5.75. The quantitative estimate of drug-likeness (QED) is 0.782. The van der Waals surface area contributed by atoms with Gasteiger partial charge in [-0.2, -0.15) is 0 Å². The lowest BCUT2D eigenvalue weighted by Crippen LogP contribution is -2.50. The van der Waals surface area contributed by atoms with Gasteiger partial charge in [0.1, 0.15) is 5.75 Å². The molecule has 0 radical (unpaired) electrons. The Labute approximate surface area is 159 Å². The van der Waals surface area contributed by atoms with Crippen LogP contribution in [0.25, 0.3) is 10.8 Å². The van der Waals surface area contributed by atoms with E-state index in [0.717, 1.165) is 30.0 Å². The molecule has 6 heteroatoms. The van der Waals surface area contributed by atoms with Gasteiger partial charge in [-0.1, -0.05) is 30.3 Å². The minimum atomic E-state index is -0.0668. The van der Waals surface area contributed by atoms with Crippen LogP contribution in [0.1, 0.15) is 25.7 Å². The average Bonchev–Trinajstić information content (AvgIpc) is 2.71. The maximum atomic E-state index is 12.7. The lowest BCUT2D eigenvalue weighted by molar-refractivity contribution is -0.137. The number of carbonyl (C=O) groups is 2. The van der Waals surface area contributed by atoms with Crippen molar-refractivity contribution < 1.29 is 14.3 Å². The third kappa shape index (κ3) is 5.20. The molecular formula is C21H27N3O3. The van der Waals surface area contributed by atoms with Gasteiger partial charge in [0.2, 0.25) is 5.91 Å². The Balaban J connectivity index is 1.56. The molecule has 2 aromatic carbocycles. The van der Waals surface area contributed by atoms with Crippen LogP contribution in [0.4, 0.5) is 0 Å². The molecule has 27 heavy (non-hydrogen) atoms. The number of piperidine rings is 1. The molecule has 0 aliphatic carbocycles. The lowest BCUT2D eigenvalue weighted by atomic mass is 10.0. The summed E-state index contributed by atoms with van der Waals surface area (Å²) in [7, 11) is 0. The summed E-state index contributed by atoms with van der Waals surface area (Å²) in [5, 5.41) is 5.10. The molecule has 1 atom stereocenters. The maximum absolute atomic E-state index is 12.7. The van der Waals surface area contributed by atoms with E-state index in [4.69, 9.17) is 10.5 Å². The van der Waals surface area contributed by atoms with Gasteiger partial charge < -0.3 is 20.7 Å². The second-order valence-electron chi connectivity index (χ2n) is 6.88. The van der Waals surface area contributed by atoms with Gasteiger partial charge in [-0.25, -0.2) is 0 Å². The van der Waals surface area contributed by atoms with Crippen LogP contribution in [0, 0.1) is 0 Å². The molecule has 1 aliphatic rings. The van der Waals surface area contributed by atoms with Gasteiger partial charge in [0.25, 0.3) is 5.91 Å². The van der Waals surface area contributed by atoms with Gasteiger partial charge in [0.05, 0.1) is 0 Å². The number of rotatable bonds is 7. The first kappa shape index (κ1) is 19.2. The number of nitrogens with one attached hydrogen (secondary N) is 1. The molecule has 6 nitrogen and oxygen atoms in total. The Morgan fingerprint density at radius 2 is 1.96 bits per heavy atom. The lowest BCUT2D eigenvalue weighted by Gasteiger charge is -2.35. The highest BCUT2D eigenvalue weighted by Crippen LogP contribution is 2.21. The standard InChI is InChI=1S/C21H27N3O3/c22-11-10-20(25)23-14-18-7-3-4-12-24(18)21(26)15-27-19-9-8-16-5-1-2-6-17(16)13-19/h1-2,5-6,8-9,13,18H,3-4,7,10-12,14-15,22H2,(H,23,25). The molecule has 2 amide bonds. The summed E-state index contributed by atoms with van der Waals surface area (Å²) >= 11 is 0. The van der Waals surface area contributed by atoms with E-state index in [1.165, 1.54) is 0 Å². The van der Waals surface area contributed by atoms with E-state index in [2.05, 4.69) is 5.32 Å². The average molecular weight is 369 g/mol. The van der Waals surface area contributed by atoms with Crippen LogP contribution >= 0.6 is 0 Å². The van der Waals surface area contributed by atoms with Crippen molar-refractivity contribution >= 4 is 22.6 Å². The zero-order chi connectivity index (χ0) is 19.1. The number of carbonyl (C=O) groups excluding carboxylic acids is 2. The van der Waals surface area contributed by atoms with Gasteiger partial charge in [0, 0.05) is 32.1 Å². The SMILES string of the molecule is NCCC(=O)NCC1CCCCN1C(=O)COc1ccc2ccccc2c1. The van der Waals surface area contributed by atoms with Crippen molar-refractivity contribution in [3.05, 3.63) is 42.5 Å². The first-order chi connectivity index (χ1) is 13.2. The fraction of sp³-hybridized carbons (Fsp3) is 0.429. The van der Waals surface area contributed by atoms with E-state index in [0.29, 0.717) is 31.8 Å². The van der Waals surface area contributed by atoms with Crippen LogP contribution in [0.3, 0.4) is 0 Å². The number of hydrogen-bond acceptors (Lipinski definition) is 4. The minimum Gasteiger partial charge on any atom is -0.484 e. The van der Waals surface area contributed by atoms with Crippen molar-refractivity contribution in [3.63, 3.8) is 0 Å². The number of likely N-dealkylation sites (tertiary alicyclic amines) is 1. The minimum absolute atomic E-state index is 0.00554. The highest BCUT2D eigenvalue weighted by molar-refractivity contribution is 5.84. The van der Waals surface area contributed by atoms with Gasteiger partial charge >= 0.3 is 0 Å². The molecule has 1 heterocycles. The zero-order valence-electron chi connectivity index (χ0n) is 15.5. The van der Waals surface area contributed by atoms with Crippen LogP contribution in [0.5, 0.6) is 5.75 Å². The van der Waals surface area contributed by atoms with E-state index in [1.54, 1.807) is 0 Å². The molecule has 2 aromatic rings. The Morgan fingerprint density at radius 1 is 1.15 bits per heavy atom. The van der Waals surface area contributed by atoms with E-state index < -0.39 is 0 Å². The summed E-state index contributed by atoms with van der Waals surface area (Å²) in [4.78, 5) is 26.2. The number of hydrogen-bond donors (Lipinski definition) is 2. The molecule has 1 unspecified atom stereocenters. The molecule has 1 saturated heterocycles. The molecule has 3 rings (SSSR count). The molecule has 1 aliphatic heterocycles. The number of amides is 2. The second-order valence-corrected chi connectivity index (χ2v) is 6.88. The van der Waals surface area contributed by atoms with Gasteiger partial charge in [-0.3, -0.25) is 9.59 Å². The van der Waals surface area contributed by atoms with Crippen LogP contribution < -0.4 is 15.8 Å². The van der Waals surface area contributed by atoms with E-state index in [9.17, 15) is 9.59 Å². The van der Waals surface area contributed by atoms with E-state index in [-0.39, 0.29) is 24.5 Å². The topological polar surface area (TPSA) is 84.7 Å². The third-order valence-corrected chi connectivity index (χ3v) is 4.94. The molecule has 0 spiro atoms. The fourth-order valence-corrected chi connectivity index (χ4v) is 3.48. The number of fused-ring (bicyclic) bond motifs is 1. The smallest absolute Gasteiger partial charge is 0.260 e. The van der Waals surface area contributed by atoms with Gasteiger partial charge in [-0.05, 0) is 42.2 Å². The Hall–Kier alpha value is -2.60. The summed E-state index contributed by atoms with van der Waals surface area (Å²) in [6.07, 6.45) is 3.25. The van der Waals surface area contributed by atoms with Crippen molar-refractivity contribution in [1.82, 2.24) is 10.2 Å². The Kier molecular flexibility index (Phi) is 6.65. The molecular weight excluding hydrogens is 342 g/mol. The van der Waals surface area contributed by atoms with Crippen molar-refractivity contribution in [2.24, 2.45) is 5.73 Å². The number of nitrogens with zero attached hydrogens (tertiary/aromatic N) is 1. The molecule has 3 N–H and O–H groups in total. The predicted molar refractivity (Wildman–Crippen MR) is 105 cm³/mol. The molecule has 0 aromatic heterocycles. The zero-order valence-corrected chi connectivity index (χ0v) is 15.5. The van der Waals surface area contributed by atoms with Gasteiger partial charge in [-0.15, -0.1) is 0 Å². The highest BCUT2D eigenvalue weighted by atomic mass is 16.5. The monoisotopic (exact) mass is 369 g/mol. The Bertz CT molecular complexity index is 793. The normalized spacial score (nSPS) is 16.9. The highest BCUT2D eigenvalue weighted by Gasteiger charge is 2.27. The fourth-order valence-electron chi connectivity index (χ4n) is 3.48. The third-order valence-electron chi connectivity index (χ3n) is 4.94. The maximum Gasteiger partial charge on any atom is 0.260 e. The predicted octanol–water partition coefficient (Wildman–Crippen LogP) is 2.06. The van der Waals surface area contributed by atoms with Crippen LogP contribution in [-0.2, 0) is 9.59 Å². The van der Waals surface area contributed by atoms with Crippen molar-refractivity contribution in [3.8, 4) is 5.75 Å². The second kappa shape index (κ2) is 9.37. The first-order valence-corrected chi connectivity index (χ1v) is 9.55. The molecule has 1 fully saturated rings. The van der Waals surface area contributed by atoms with E-state index >= 15 is 0 Å². The summed E-state index contributed by atoms with van der Waals surface area (Å²) in [6.45, 7) is 1.52. The molecule has 0 saturated carbocycles. The van der Waals surface area contributed by atoms with Crippen molar-refractivity contribution in [2.75, 3.05) is 26.2 Å². The first-order valence-electron chi connectivity index (χ1n) is 9.55. The number of benzene rings is 2. The van der Waals surface area contributed by atoms with Gasteiger partial charge in [0.15, 0.2) is 6.61 Å². The number of ether oxygens (including phenoxy) is 1. The Morgan fingerprint density at radius 3 is 2.78 bits per heavy atom. The van der Waals surface area contributed by atoms with Crippen molar-refractivity contribution in [2.45, 2.75) is 31.7 Å². The summed E-state index contributed by atoms with van der Waals surface area (Å²) in [6, 6.07) is 13.9. The largest absolute Gasteiger partial charge is 0.484 e. The van der Waals surface area contributed by atoms with E-state index in [1.807, 2.05) is 47.4 Å². The summed E-state index contributed by atoms with van der Waals surface area (Å²) in [5.74, 6) is 0.579. The molecule has 0 bridgehead atoms. The van der Waals surface area contributed by atoms with Crippen molar-refractivity contribution in [1.29, 1.82) is 0 Å². The van der Waals surface area contributed by atoms with Crippen LogP contribution in [-0.4, -0.2) is 49.0 Å². The summed E-state index contributed by atoms with van der Waals surface area (Å²) in [5.41, 5.74) is 5.40. The van der Waals surface area contributed by atoms with Crippen LogP contribution in [0.2, 0.25) is 0 Å². The number of nitrogens with two attached hydrogens (primary N) is 1. The van der Waals surface area contributed by atoms with Crippen LogP contribution in [0.15, 0.2) is 42.5 Å². The molecule has 144 valence electrons.